The molecule has 0 saturated heterocycles. The van der Waals surface area contributed by atoms with Gasteiger partial charge in [-0.3, -0.25) is 4.79 Å². The number of pyridine rings is 1. The van der Waals surface area contributed by atoms with Crippen molar-refractivity contribution < 1.29 is 123 Å². The summed E-state index contributed by atoms with van der Waals surface area (Å²) in [6.45, 7) is 0. The fourth-order valence-corrected chi connectivity index (χ4v) is 2.57. The normalized spacial score (nSPS) is 10.0. The number of nitrogens with zero attached hydrogens (tertiary/aromatic N) is 1. The minimum Gasteiger partial charge on any atom is -0.545 e. The number of hydrogen-bond acceptors (Lipinski definition) is 5. The molecule has 1 aliphatic heterocycles. The maximum Gasteiger partial charge on any atom is 1.00 e. The van der Waals surface area contributed by atoms with Crippen molar-refractivity contribution in [2.75, 3.05) is 0 Å². The molecule has 0 amide bonds. The fraction of sp³-hybridized carbons (Fsp3) is 0.0625. The molecule has 0 spiro atoms. The van der Waals surface area contributed by atoms with Crippen molar-refractivity contribution in [3.05, 3.63) is 57.7 Å². The summed E-state index contributed by atoms with van der Waals surface area (Å²) in [7, 11) is 1.71. The second-order valence-electron chi connectivity index (χ2n) is 4.93. The van der Waals surface area contributed by atoms with Gasteiger partial charge in [-0.15, -0.1) is 0 Å². The minimum atomic E-state index is -1.54. The quantitative estimate of drug-likeness (QED) is 0.328. The van der Waals surface area contributed by atoms with Crippen LogP contribution in [-0.4, -0.2) is 16.5 Å². The Morgan fingerprint density at radius 3 is 2.21 bits per heavy atom. The predicted octanol–water partition coefficient (Wildman–Crippen LogP) is -6.62. The molecule has 0 fully saturated rings. The van der Waals surface area contributed by atoms with Gasteiger partial charge in [-0.25, -0.2) is 0 Å². The van der Waals surface area contributed by atoms with Gasteiger partial charge in [-0.1, -0.05) is 6.07 Å². The summed E-state index contributed by atoms with van der Waals surface area (Å²) >= 11 is 0. The van der Waals surface area contributed by atoms with E-state index in [-0.39, 0.29) is 114 Å². The molecule has 1 aromatic rings. The van der Waals surface area contributed by atoms with E-state index in [0.29, 0.717) is 16.6 Å². The van der Waals surface area contributed by atoms with E-state index in [1.165, 1.54) is 30.3 Å². The van der Waals surface area contributed by atoms with Crippen LogP contribution in [0, 0.1) is 0 Å². The number of fused-ring (bicyclic) bond motifs is 2. The Labute approximate surface area is 222 Å². The number of carboxylic acid groups (broad SMARTS) is 2. The van der Waals surface area contributed by atoms with Gasteiger partial charge in [0, 0.05) is 23.7 Å². The first-order valence-corrected chi connectivity index (χ1v) is 6.39. The van der Waals surface area contributed by atoms with E-state index < -0.39 is 22.9 Å². The molecule has 1 aromatic carbocycles. The van der Waals surface area contributed by atoms with E-state index >= 15 is 0 Å². The van der Waals surface area contributed by atoms with Crippen LogP contribution < -0.4 is 118 Å². The number of aromatic nitrogens is 1. The summed E-state index contributed by atoms with van der Waals surface area (Å²) < 4.78 is 1.70. The summed E-state index contributed by atoms with van der Waals surface area (Å²) in [6.07, 6.45) is 0. The van der Waals surface area contributed by atoms with Crippen LogP contribution in [0.4, 0.5) is 0 Å². The third kappa shape index (κ3) is 3.93. The van der Waals surface area contributed by atoms with Gasteiger partial charge >= 0.3 is 103 Å². The molecule has 24 heavy (non-hydrogen) atoms. The number of rotatable bonds is 2. The van der Waals surface area contributed by atoms with Gasteiger partial charge in [-0.05, 0) is 41.3 Å². The molecule has 0 radical (unpaired) electrons. The van der Waals surface area contributed by atoms with Crippen LogP contribution in [0.1, 0.15) is 20.7 Å². The van der Waals surface area contributed by atoms with Crippen molar-refractivity contribution in [2.24, 2.45) is 7.05 Å². The van der Waals surface area contributed by atoms with E-state index in [0.717, 1.165) is 0 Å². The first-order chi connectivity index (χ1) is 10.4. The molecule has 3 rings (SSSR count). The number of carboxylic acids is 2. The molecule has 0 unspecified atom stereocenters. The number of benzene rings is 2. The molecule has 0 atom stereocenters. The van der Waals surface area contributed by atoms with E-state index in [1.54, 1.807) is 17.7 Å². The Balaban J connectivity index is 0.00000144. The van der Waals surface area contributed by atoms with Crippen LogP contribution in [0.25, 0.3) is 22.2 Å². The molecule has 0 bridgehead atoms. The molecule has 0 aromatic heterocycles. The average molecular weight is 373 g/mol. The molecule has 0 N–H and O–H groups in total. The maximum absolute atomic E-state index is 12.2. The van der Waals surface area contributed by atoms with E-state index in [9.17, 15) is 24.6 Å². The molecule has 6 nitrogen and oxygen atoms in total. The number of aromatic carboxylic acids is 2. The second-order valence-corrected chi connectivity index (χ2v) is 4.93. The first-order valence-electron chi connectivity index (χ1n) is 6.39. The zero-order chi connectivity index (χ0) is 16.0. The maximum atomic E-state index is 12.2. The van der Waals surface area contributed by atoms with Crippen LogP contribution in [0.15, 0.2) is 41.2 Å². The first kappa shape index (κ1) is 22.2. The van der Waals surface area contributed by atoms with E-state index in [1.807, 2.05) is 0 Å². The molecular formula is C16H9K2NO5. The monoisotopic (exact) mass is 373 g/mol. The van der Waals surface area contributed by atoms with Crippen LogP contribution in [0.2, 0.25) is 0 Å². The molecular weight excluding hydrogens is 364 g/mol. The predicted molar refractivity (Wildman–Crippen MR) is 74.5 cm³/mol. The Morgan fingerprint density at radius 2 is 1.62 bits per heavy atom. The Bertz CT molecular complexity index is 980. The van der Waals surface area contributed by atoms with Crippen LogP contribution in [0.3, 0.4) is 0 Å². The van der Waals surface area contributed by atoms with Gasteiger partial charge < -0.3 is 24.4 Å². The molecule has 2 aliphatic rings. The number of carbonyl (C=O) groups excluding carboxylic acids is 2. The third-order valence-corrected chi connectivity index (χ3v) is 3.68. The van der Waals surface area contributed by atoms with Gasteiger partial charge in [0.2, 0.25) is 0 Å². The van der Waals surface area contributed by atoms with Crippen LogP contribution >= 0.6 is 0 Å². The molecule has 1 heterocycles. The van der Waals surface area contributed by atoms with Crippen molar-refractivity contribution in [1.82, 2.24) is 4.57 Å². The topological polar surface area (TPSA) is 102 Å². The summed E-state index contributed by atoms with van der Waals surface area (Å²) in [4.78, 5) is 34.1. The number of aryl methyl sites for hydroxylation is 1. The second kappa shape index (κ2) is 8.67. The molecule has 1 aliphatic carbocycles. The van der Waals surface area contributed by atoms with Crippen molar-refractivity contribution in [3.8, 4) is 11.3 Å². The SMILES string of the molecule is Cn1c2ccc(C(=O)[O-])c(=O)c-2cc2cc(C(=O)[O-])ccc21.[K+].[K+]. The van der Waals surface area contributed by atoms with Crippen molar-refractivity contribution in [2.45, 2.75) is 0 Å². The van der Waals surface area contributed by atoms with Gasteiger partial charge in [0.15, 0.2) is 5.43 Å². The number of carbonyl (C=O) groups is 2. The summed E-state index contributed by atoms with van der Waals surface area (Å²) in [5.41, 5.74) is 0.334. The largest absolute Gasteiger partial charge is 1.00 e. The standard InChI is InChI=1S/C16H11NO5.2K/c1-17-12-4-2-8(15(19)20)6-9(12)7-11-13(17)5-3-10(14(11)18)16(21)22;;/h2-7H,1H3,(H,19,20)(H,21,22);;/q;2*+1/p-2. The summed E-state index contributed by atoms with van der Waals surface area (Å²) in [5.74, 6) is -2.87. The Hall–Kier alpha value is 0.123. The Morgan fingerprint density at radius 1 is 0.958 bits per heavy atom. The van der Waals surface area contributed by atoms with Gasteiger partial charge in [0.25, 0.3) is 0 Å². The van der Waals surface area contributed by atoms with Gasteiger partial charge in [-0.2, -0.15) is 0 Å². The molecule has 110 valence electrons. The van der Waals surface area contributed by atoms with E-state index in [2.05, 4.69) is 0 Å². The smallest absolute Gasteiger partial charge is 0.545 e. The fourth-order valence-electron chi connectivity index (χ4n) is 2.57. The Kier molecular flexibility index (Phi) is 8.01. The van der Waals surface area contributed by atoms with Crippen molar-refractivity contribution in [3.63, 3.8) is 0 Å². The van der Waals surface area contributed by atoms with Gasteiger partial charge in [0.1, 0.15) is 0 Å². The third-order valence-electron chi connectivity index (χ3n) is 3.68. The van der Waals surface area contributed by atoms with Crippen LogP contribution in [-0.2, 0) is 7.05 Å². The van der Waals surface area contributed by atoms with E-state index in [4.69, 9.17) is 0 Å². The zero-order valence-corrected chi connectivity index (χ0v) is 19.7. The minimum absolute atomic E-state index is 0. The molecule has 8 heteroatoms. The van der Waals surface area contributed by atoms with Crippen molar-refractivity contribution in [1.29, 1.82) is 0 Å². The summed E-state index contributed by atoms with van der Waals surface area (Å²) in [5, 5.41) is 22.4. The van der Waals surface area contributed by atoms with Gasteiger partial charge in [0.05, 0.1) is 17.6 Å². The molecule has 0 saturated carbocycles. The van der Waals surface area contributed by atoms with Crippen LogP contribution in [0.5, 0.6) is 0 Å². The zero-order valence-electron chi connectivity index (χ0n) is 13.5. The van der Waals surface area contributed by atoms with Crippen molar-refractivity contribution >= 4 is 22.8 Å². The summed E-state index contributed by atoms with van der Waals surface area (Å²) in [6, 6.07) is 8.62. The average Bonchev–Trinajstić information content (AvgIpc) is 2.47. The number of hydrogen-bond donors (Lipinski definition) is 0.